The van der Waals surface area contributed by atoms with Crippen molar-refractivity contribution < 1.29 is 13.5 Å². The highest BCUT2D eigenvalue weighted by molar-refractivity contribution is 5.34. The minimum atomic E-state index is -3.13. The molecule has 1 atom stereocenters. The minimum Gasteiger partial charge on any atom is -0.304 e. The predicted octanol–water partition coefficient (Wildman–Crippen LogP) is 4.91. The Kier molecular flexibility index (Phi) is 3.84. The lowest BCUT2D eigenvalue weighted by Gasteiger charge is -2.38. The molecule has 0 aliphatic carbocycles. The number of hydrogen-bond donors (Lipinski definition) is 0. The normalized spacial score (nSPS) is 22.0. The largest absolute Gasteiger partial charge is 0.383 e. The van der Waals surface area contributed by atoms with Gasteiger partial charge in [0.2, 0.25) is 0 Å². The average molecular weight is 286 g/mol. The van der Waals surface area contributed by atoms with Crippen LogP contribution in [-0.4, -0.2) is 6.11 Å². The third kappa shape index (κ3) is 3.03. The lowest BCUT2D eigenvalue weighted by molar-refractivity contribution is -0.300. The van der Waals surface area contributed by atoms with Gasteiger partial charge in [-0.3, -0.25) is 0 Å². The summed E-state index contributed by atoms with van der Waals surface area (Å²) in [5.41, 5.74) is 1.99. The van der Waals surface area contributed by atoms with E-state index in [1.54, 1.807) is 6.08 Å². The van der Waals surface area contributed by atoms with Gasteiger partial charge in [0.1, 0.15) is 6.10 Å². The van der Waals surface area contributed by atoms with Crippen LogP contribution in [0.15, 0.2) is 72.3 Å². The summed E-state index contributed by atoms with van der Waals surface area (Å²) >= 11 is 0. The standard InChI is InChI=1S/C18H16F2O/c19-18(20)16(13-7-10-14-8-3-1-4-9-14)17(21-18)15-11-5-2-6-12-15/h1-6,8-9,11-13,17H,7,10H2/b16-13+. The van der Waals surface area contributed by atoms with Gasteiger partial charge in [0.15, 0.2) is 0 Å². The SMILES string of the molecule is FC1(F)OC(c2ccccc2)/C1=C\CCc1ccccc1. The van der Waals surface area contributed by atoms with Crippen molar-refractivity contribution in [3.05, 3.63) is 83.4 Å². The molecule has 1 heterocycles. The van der Waals surface area contributed by atoms with Crippen LogP contribution in [0.5, 0.6) is 0 Å². The van der Waals surface area contributed by atoms with E-state index in [4.69, 9.17) is 4.74 Å². The van der Waals surface area contributed by atoms with E-state index in [0.29, 0.717) is 6.42 Å². The summed E-state index contributed by atoms with van der Waals surface area (Å²) in [5, 5.41) is 0. The summed E-state index contributed by atoms with van der Waals surface area (Å²) in [6.07, 6.45) is -0.786. The van der Waals surface area contributed by atoms with Crippen LogP contribution in [0.4, 0.5) is 8.78 Å². The van der Waals surface area contributed by atoms with Crippen LogP contribution in [0.1, 0.15) is 23.7 Å². The van der Waals surface area contributed by atoms with Crippen molar-refractivity contribution in [1.82, 2.24) is 0 Å². The zero-order valence-electron chi connectivity index (χ0n) is 11.5. The monoisotopic (exact) mass is 286 g/mol. The van der Waals surface area contributed by atoms with E-state index >= 15 is 0 Å². The Morgan fingerprint density at radius 2 is 1.57 bits per heavy atom. The number of allylic oxidation sites excluding steroid dienone is 1. The van der Waals surface area contributed by atoms with Crippen molar-refractivity contribution in [3.63, 3.8) is 0 Å². The number of rotatable bonds is 4. The van der Waals surface area contributed by atoms with E-state index in [1.807, 2.05) is 60.7 Å². The summed E-state index contributed by atoms with van der Waals surface area (Å²) in [5.74, 6) is 0. The van der Waals surface area contributed by atoms with Gasteiger partial charge in [-0.25, -0.2) is 0 Å². The third-order valence-electron chi connectivity index (χ3n) is 3.63. The number of hydrogen-bond acceptors (Lipinski definition) is 1. The second-order valence-electron chi connectivity index (χ2n) is 5.11. The van der Waals surface area contributed by atoms with Crippen LogP contribution in [0.25, 0.3) is 0 Å². The Morgan fingerprint density at radius 1 is 0.952 bits per heavy atom. The summed E-state index contributed by atoms with van der Waals surface area (Å²) in [6.45, 7) is 0. The van der Waals surface area contributed by atoms with E-state index in [1.165, 1.54) is 0 Å². The molecule has 1 aliphatic rings. The number of halogens is 2. The van der Waals surface area contributed by atoms with Crippen LogP contribution in [0.2, 0.25) is 0 Å². The van der Waals surface area contributed by atoms with Gasteiger partial charge in [0.05, 0.1) is 5.57 Å². The lowest BCUT2D eigenvalue weighted by Crippen LogP contribution is -2.41. The molecule has 1 nitrogen and oxygen atoms in total. The Hall–Kier alpha value is -2.00. The van der Waals surface area contributed by atoms with Crippen LogP contribution >= 0.6 is 0 Å². The minimum absolute atomic E-state index is 0.0737. The van der Waals surface area contributed by atoms with Crippen molar-refractivity contribution in [2.45, 2.75) is 25.1 Å². The number of aryl methyl sites for hydroxylation is 1. The summed E-state index contributed by atoms with van der Waals surface area (Å²) < 4.78 is 31.9. The molecule has 0 spiro atoms. The Labute approximate surface area is 122 Å². The molecule has 2 aromatic rings. The Morgan fingerprint density at radius 3 is 2.19 bits per heavy atom. The summed E-state index contributed by atoms with van der Waals surface area (Å²) in [6, 6.07) is 19.0. The summed E-state index contributed by atoms with van der Waals surface area (Å²) in [7, 11) is 0. The molecule has 2 aromatic carbocycles. The van der Waals surface area contributed by atoms with E-state index in [9.17, 15) is 8.78 Å². The molecule has 0 aromatic heterocycles. The highest BCUT2D eigenvalue weighted by atomic mass is 19.3. The first-order valence-corrected chi connectivity index (χ1v) is 7.02. The highest BCUT2D eigenvalue weighted by Gasteiger charge is 2.53. The van der Waals surface area contributed by atoms with Crippen molar-refractivity contribution in [1.29, 1.82) is 0 Å². The molecular weight excluding hydrogens is 270 g/mol. The molecule has 0 N–H and O–H groups in total. The zero-order valence-corrected chi connectivity index (χ0v) is 11.5. The second kappa shape index (κ2) is 5.78. The molecule has 1 unspecified atom stereocenters. The lowest BCUT2D eigenvalue weighted by atomic mass is 9.94. The molecule has 1 aliphatic heterocycles. The molecular formula is C18H16F2O. The van der Waals surface area contributed by atoms with Crippen LogP contribution in [0.3, 0.4) is 0 Å². The maximum atomic E-state index is 13.6. The molecule has 0 saturated carbocycles. The maximum Gasteiger partial charge on any atom is 0.383 e. The van der Waals surface area contributed by atoms with E-state index < -0.39 is 12.2 Å². The highest BCUT2D eigenvalue weighted by Crippen LogP contribution is 2.50. The Bertz CT molecular complexity index is 620. The van der Waals surface area contributed by atoms with E-state index in [-0.39, 0.29) is 5.57 Å². The van der Waals surface area contributed by atoms with Crippen molar-refractivity contribution in [3.8, 4) is 0 Å². The molecule has 21 heavy (non-hydrogen) atoms. The van der Waals surface area contributed by atoms with Crippen LogP contribution in [0, 0.1) is 0 Å². The van der Waals surface area contributed by atoms with Gasteiger partial charge in [-0.05, 0) is 24.0 Å². The van der Waals surface area contributed by atoms with Crippen molar-refractivity contribution >= 4 is 0 Å². The number of benzene rings is 2. The van der Waals surface area contributed by atoms with E-state index in [0.717, 1.165) is 17.5 Å². The molecule has 108 valence electrons. The van der Waals surface area contributed by atoms with Crippen molar-refractivity contribution in [2.75, 3.05) is 0 Å². The van der Waals surface area contributed by atoms with Gasteiger partial charge in [0, 0.05) is 0 Å². The molecule has 1 fully saturated rings. The third-order valence-corrected chi connectivity index (χ3v) is 3.63. The topological polar surface area (TPSA) is 9.23 Å². The predicted molar refractivity (Wildman–Crippen MR) is 78.1 cm³/mol. The van der Waals surface area contributed by atoms with Gasteiger partial charge in [-0.2, -0.15) is 8.78 Å². The fourth-order valence-corrected chi connectivity index (χ4v) is 2.51. The molecule has 0 bridgehead atoms. The van der Waals surface area contributed by atoms with Gasteiger partial charge >= 0.3 is 6.11 Å². The average Bonchev–Trinajstić information content (AvgIpc) is 2.51. The summed E-state index contributed by atoms with van der Waals surface area (Å²) in [4.78, 5) is 0. The smallest absolute Gasteiger partial charge is 0.304 e. The van der Waals surface area contributed by atoms with Crippen LogP contribution < -0.4 is 0 Å². The quantitative estimate of drug-likeness (QED) is 0.726. The molecule has 0 radical (unpaired) electrons. The number of ether oxygens (including phenoxy) is 1. The maximum absolute atomic E-state index is 13.6. The molecule has 0 amide bonds. The van der Waals surface area contributed by atoms with E-state index in [2.05, 4.69) is 0 Å². The first kappa shape index (κ1) is 14.0. The molecule has 3 rings (SSSR count). The fraction of sp³-hybridized carbons (Fsp3) is 0.222. The number of alkyl halides is 2. The van der Waals surface area contributed by atoms with Crippen molar-refractivity contribution in [2.24, 2.45) is 0 Å². The zero-order chi connectivity index (χ0) is 14.7. The van der Waals surface area contributed by atoms with Crippen LogP contribution in [-0.2, 0) is 11.2 Å². The molecule has 1 saturated heterocycles. The van der Waals surface area contributed by atoms with Gasteiger partial charge < -0.3 is 4.74 Å². The van der Waals surface area contributed by atoms with Gasteiger partial charge in [0.25, 0.3) is 0 Å². The second-order valence-corrected chi connectivity index (χ2v) is 5.11. The van der Waals surface area contributed by atoms with Gasteiger partial charge in [-0.15, -0.1) is 0 Å². The first-order chi connectivity index (χ1) is 10.2. The molecule has 3 heteroatoms. The van der Waals surface area contributed by atoms with Gasteiger partial charge in [-0.1, -0.05) is 66.7 Å². The first-order valence-electron chi connectivity index (χ1n) is 7.02. The fourth-order valence-electron chi connectivity index (χ4n) is 2.51. The Balaban J connectivity index is 1.70.